The average Bonchev–Trinajstić information content (AvgIpc) is 2.67. The van der Waals surface area contributed by atoms with E-state index in [0.717, 1.165) is 10.6 Å². The summed E-state index contributed by atoms with van der Waals surface area (Å²) in [6.45, 7) is 0. The van der Waals surface area contributed by atoms with Crippen LogP contribution in [0.3, 0.4) is 0 Å². The predicted molar refractivity (Wildman–Crippen MR) is 57.4 cm³/mol. The number of nitriles is 1. The van der Waals surface area contributed by atoms with Gasteiger partial charge in [0.25, 0.3) is 0 Å². The lowest BCUT2D eigenvalue weighted by molar-refractivity contribution is 1.19. The Bertz CT molecular complexity index is 547. The molecule has 0 aromatic carbocycles. The van der Waals surface area contributed by atoms with Crippen LogP contribution in [0.5, 0.6) is 0 Å². The Morgan fingerprint density at radius 3 is 3.00 bits per heavy atom. The lowest BCUT2D eigenvalue weighted by Gasteiger charge is -1.94. The molecule has 0 fully saturated rings. The lowest BCUT2D eigenvalue weighted by Crippen LogP contribution is -1.83. The molecule has 1 N–H and O–H groups in total. The summed E-state index contributed by atoms with van der Waals surface area (Å²) in [7, 11) is 0. The van der Waals surface area contributed by atoms with Gasteiger partial charge in [0.15, 0.2) is 0 Å². The largest absolute Gasteiger partial charge is 0.350 e. The quantitative estimate of drug-likeness (QED) is 0.750. The van der Waals surface area contributed by atoms with Crippen molar-refractivity contribution in [1.82, 2.24) is 9.97 Å². The molecular weight excluding hydrogens is 214 g/mol. The molecule has 0 aliphatic heterocycles. The maximum absolute atomic E-state index is 8.67. The van der Waals surface area contributed by atoms with Crippen LogP contribution < -0.4 is 0 Å². The van der Waals surface area contributed by atoms with Crippen molar-refractivity contribution in [1.29, 1.82) is 5.26 Å². The topological polar surface area (TPSA) is 52.5 Å². The molecule has 2 rings (SSSR count). The average molecular weight is 219 g/mol. The summed E-state index contributed by atoms with van der Waals surface area (Å²) in [5.41, 5.74) is 0.731. The second kappa shape index (κ2) is 3.70. The van der Waals surface area contributed by atoms with Crippen molar-refractivity contribution in [2.24, 2.45) is 0 Å². The van der Waals surface area contributed by atoms with Gasteiger partial charge in [-0.25, -0.2) is 0 Å². The molecule has 2 aromatic heterocycles. The molecule has 14 heavy (non-hydrogen) atoms. The van der Waals surface area contributed by atoms with Crippen LogP contribution in [-0.4, -0.2) is 9.97 Å². The van der Waals surface area contributed by atoms with E-state index in [1.807, 2.05) is 6.07 Å². The fourth-order valence-corrected chi connectivity index (χ4v) is 2.15. The number of hydrogen-bond acceptors (Lipinski definition) is 4. The molecule has 0 aliphatic carbocycles. The number of nitrogens with zero attached hydrogens (tertiary/aromatic N) is 2. The van der Waals surface area contributed by atoms with Gasteiger partial charge in [-0.15, -0.1) is 11.3 Å². The number of H-pyrrole nitrogens is 1. The third-order valence-electron chi connectivity index (χ3n) is 1.66. The zero-order valence-electron chi connectivity index (χ0n) is 7.02. The van der Waals surface area contributed by atoms with Crippen molar-refractivity contribution in [3.63, 3.8) is 0 Å². The number of aromatic nitrogens is 2. The highest BCUT2D eigenvalue weighted by Crippen LogP contribution is 2.25. The van der Waals surface area contributed by atoms with Crippen LogP contribution in [0.15, 0.2) is 24.5 Å². The molecule has 3 nitrogen and oxygen atoms in total. The first-order chi connectivity index (χ1) is 6.81. The van der Waals surface area contributed by atoms with Gasteiger partial charge in [-0.2, -0.15) is 5.26 Å². The van der Waals surface area contributed by atoms with E-state index in [-0.39, 0.29) is 0 Å². The molecule has 2 aromatic rings. The molecule has 0 radical (unpaired) electrons. The number of hydrogen-bond donors (Lipinski definition) is 1. The molecule has 0 atom stereocenters. The molecule has 0 saturated carbocycles. The van der Waals surface area contributed by atoms with E-state index in [9.17, 15) is 0 Å². The molecule has 5 heteroatoms. The molecule has 2 heterocycles. The summed E-state index contributed by atoms with van der Waals surface area (Å²) >= 11 is 6.48. The van der Waals surface area contributed by atoms with Crippen molar-refractivity contribution >= 4 is 23.6 Å². The molecule has 68 valence electrons. The summed E-state index contributed by atoms with van der Waals surface area (Å²) in [5, 5.41) is 8.67. The Balaban J connectivity index is 2.56. The SMILES string of the molecule is N#Cc1ccc(-c2ncc[nH]c2=S)s1. The van der Waals surface area contributed by atoms with Gasteiger partial charge in [-0.1, -0.05) is 12.2 Å². The lowest BCUT2D eigenvalue weighted by atomic mass is 10.3. The van der Waals surface area contributed by atoms with Gasteiger partial charge in [0.1, 0.15) is 21.3 Å². The second-order valence-corrected chi connectivity index (χ2v) is 4.03. The third-order valence-corrected chi connectivity index (χ3v) is 2.97. The maximum Gasteiger partial charge on any atom is 0.130 e. The minimum Gasteiger partial charge on any atom is -0.350 e. The first-order valence-corrected chi connectivity index (χ1v) is 5.08. The first-order valence-electron chi connectivity index (χ1n) is 3.85. The Kier molecular flexibility index (Phi) is 2.39. The van der Waals surface area contributed by atoms with Gasteiger partial charge in [0.2, 0.25) is 0 Å². The Morgan fingerprint density at radius 2 is 2.36 bits per heavy atom. The van der Waals surface area contributed by atoms with Gasteiger partial charge >= 0.3 is 0 Å². The van der Waals surface area contributed by atoms with Crippen molar-refractivity contribution in [2.45, 2.75) is 0 Å². The van der Waals surface area contributed by atoms with Crippen LogP contribution >= 0.6 is 23.6 Å². The standard InChI is InChI=1S/C9H5N3S2/c10-5-6-1-2-7(14-6)8-9(13)12-4-3-11-8/h1-4H,(H,12,13). The van der Waals surface area contributed by atoms with Gasteiger partial charge in [0.05, 0.1) is 4.88 Å². The first kappa shape index (κ1) is 9.06. The van der Waals surface area contributed by atoms with Gasteiger partial charge in [0, 0.05) is 12.4 Å². The fourth-order valence-electron chi connectivity index (χ4n) is 1.05. The van der Waals surface area contributed by atoms with E-state index in [2.05, 4.69) is 16.0 Å². The number of aromatic amines is 1. The minimum atomic E-state index is 0.596. The molecular formula is C9H5N3S2. The highest BCUT2D eigenvalue weighted by molar-refractivity contribution is 7.71. The van der Waals surface area contributed by atoms with Crippen LogP contribution in [0.1, 0.15) is 4.88 Å². The highest BCUT2D eigenvalue weighted by atomic mass is 32.1. The smallest absolute Gasteiger partial charge is 0.130 e. The number of nitrogens with one attached hydrogen (secondary N) is 1. The monoisotopic (exact) mass is 219 g/mol. The molecule has 0 bridgehead atoms. The Morgan fingerprint density at radius 1 is 1.50 bits per heavy atom. The summed E-state index contributed by atoms with van der Waals surface area (Å²) in [6.07, 6.45) is 3.33. The molecule has 0 spiro atoms. The van der Waals surface area contributed by atoms with Gasteiger partial charge in [-0.05, 0) is 12.1 Å². The minimum absolute atomic E-state index is 0.596. The molecule has 0 amide bonds. The zero-order valence-corrected chi connectivity index (χ0v) is 8.65. The number of rotatable bonds is 1. The fraction of sp³-hybridized carbons (Fsp3) is 0. The van der Waals surface area contributed by atoms with E-state index in [1.165, 1.54) is 11.3 Å². The van der Waals surface area contributed by atoms with Gasteiger partial charge < -0.3 is 4.98 Å². The normalized spacial score (nSPS) is 9.64. The van der Waals surface area contributed by atoms with Crippen LogP contribution in [0.4, 0.5) is 0 Å². The van der Waals surface area contributed by atoms with Crippen molar-refractivity contribution in [3.8, 4) is 16.6 Å². The van der Waals surface area contributed by atoms with E-state index in [1.54, 1.807) is 18.5 Å². The van der Waals surface area contributed by atoms with Crippen molar-refractivity contribution < 1.29 is 0 Å². The highest BCUT2D eigenvalue weighted by Gasteiger charge is 2.04. The second-order valence-electron chi connectivity index (χ2n) is 2.54. The van der Waals surface area contributed by atoms with Crippen LogP contribution in [0, 0.1) is 16.0 Å². The zero-order chi connectivity index (χ0) is 9.97. The summed E-state index contributed by atoms with van der Waals surface area (Å²) in [5.74, 6) is 0. The van der Waals surface area contributed by atoms with Crippen LogP contribution in [0.2, 0.25) is 0 Å². The van der Waals surface area contributed by atoms with E-state index in [4.69, 9.17) is 17.5 Å². The van der Waals surface area contributed by atoms with Crippen molar-refractivity contribution in [2.75, 3.05) is 0 Å². The van der Waals surface area contributed by atoms with E-state index < -0.39 is 0 Å². The predicted octanol–water partition coefficient (Wildman–Crippen LogP) is 2.74. The third kappa shape index (κ3) is 1.58. The van der Waals surface area contributed by atoms with Gasteiger partial charge in [-0.3, -0.25) is 4.98 Å². The van der Waals surface area contributed by atoms with Crippen molar-refractivity contribution in [3.05, 3.63) is 34.0 Å². The Hall–Kier alpha value is -1.51. The summed E-state index contributed by atoms with van der Waals surface area (Å²) in [6, 6.07) is 5.71. The molecule has 0 saturated heterocycles. The van der Waals surface area contributed by atoms with Crippen LogP contribution in [-0.2, 0) is 0 Å². The van der Waals surface area contributed by atoms with E-state index >= 15 is 0 Å². The summed E-state index contributed by atoms with van der Waals surface area (Å²) in [4.78, 5) is 8.65. The van der Waals surface area contributed by atoms with E-state index in [0.29, 0.717) is 9.52 Å². The molecule has 0 unspecified atom stereocenters. The summed E-state index contributed by atoms with van der Waals surface area (Å²) < 4.78 is 0.596. The van der Waals surface area contributed by atoms with Crippen LogP contribution in [0.25, 0.3) is 10.6 Å². The Labute approximate surface area is 89.7 Å². The molecule has 0 aliphatic rings. The number of thiophene rings is 1. The maximum atomic E-state index is 8.67.